The summed E-state index contributed by atoms with van der Waals surface area (Å²) in [6, 6.07) is 42.9. The first-order valence-electron chi connectivity index (χ1n) is 28.9. The first kappa shape index (κ1) is 68.9. The number of carboxylic acid groups (broad SMARTS) is 1. The van der Waals surface area contributed by atoms with Gasteiger partial charge in [0.15, 0.2) is 23.3 Å². The van der Waals surface area contributed by atoms with Crippen molar-refractivity contribution in [3.8, 4) is 67.3 Å². The monoisotopic (exact) mass is 1320 g/mol. The van der Waals surface area contributed by atoms with Gasteiger partial charge in [0, 0.05) is 62.6 Å². The molecule has 0 aliphatic carbocycles. The Bertz CT molecular complexity index is 4370. The number of pyridine rings is 4. The van der Waals surface area contributed by atoms with E-state index in [-0.39, 0.29) is 33.8 Å². The Morgan fingerprint density at radius 3 is 1.11 bits per heavy atom. The first-order chi connectivity index (χ1) is 44.2. The zero-order valence-corrected chi connectivity index (χ0v) is 54.3. The van der Waals surface area contributed by atoms with E-state index in [0.717, 1.165) is 66.8 Å². The van der Waals surface area contributed by atoms with Crippen molar-refractivity contribution >= 4 is 52.4 Å². The normalized spacial score (nSPS) is 12.6. The second-order valence-corrected chi connectivity index (χ2v) is 23.5. The number of ether oxygens (including phenoxy) is 3. The van der Waals surface area contributed by atoms with Crippen molar-refractivity contribution in [2.45, 2.75) is 66.6 Å². The summed E-state index contributed by atoms with van der Waals surface area (Å²) < 4.78 is 82.8. The summed E-state index contributed by atoms with van der Waals surface area (Å²) in [5, 5.41) is 9.31. The maximum Gasteiger partial charge on any atom is 0.494 e. The summed E-state index contributed by atoms with van der Waals surface area (Å²) >= 11 is 3.39. The van der Waals surface area contributed by atoms with Gasteiger partial charge in [-0.25, -0.2) is 36.7 Å². The summed E-state index contributed by atoms with van der Waals surface area (Å²) in [7, 11) is 3.44. The molecule has 20 heteroatoms. The van der Waals surface area contributed by atoms with Crippen LogP contribution >= 0.6 is 15.9 Å². The molecule has 0 atom stereocenters. The topological polar surface area (TPSA) is 186 Å². The number of carbonyl (C=O) groups excluding carboxylic acids is 3. The van der Waals surface area contributed by atoms with Gasteiger partial charge in [-0.15, -0.1) is 0 Å². The van der Waals surface area contributed by atoms with Gasteiger partial charge in [0.05, 0.1) is 77.6 Å². The van der Waals surface area contributed by atoms with Crippen molar-refractivity contribution in [3.05, 3.63) is 255 Å². The largest absolute Gasteiger partial charge is 0.494 e. The Hall–Kier alpha value is -10.0. The average Bonchev–Trinajstić information content (AvgIpc) is 1.80. The molecule has 6 aromatic carbocycles. The van der Waals surface area contributed by atoms with Crippen molar-refractivity contribution < 1.29 is 65.4 Å². The Balaban J connectivity index is 0.000000161. The van der Waals surface area contributed by atoms with Crippen LogP contribution in [0.4, 0.5) is 17.6 Å². The lowest BCUT2D eigenvalue weighted by Crippen LogP contribution is -2.41. The molecule has 1 aliphatic rings. The highest BCUT2D eigenvalue weighted by molar-refractivity contribution is 9.10. The summed E-state index contributed by atoms with van der Waals surface area (Å²) in [5.41, 5.74) is 11.5. The van der Waals surface area contributed by atoms with Crippen molar-refractivity contribution in [1.29, 1.82) is 0 Å². The average molecular weight is 1320 g/mol. The third kappa shape index (κ3) is 17.1. The van der Waals surface area contributed by atoms with Crippen LogP contribution in [0, 0.1) is 51.0 Å². The minimum absolute atomic E-state index is 0.00598. The third-order valence-corrected chi connectivity index (χ3v) is 15.6. The number of aromatic carboxylic acids is 1. The molecule has 1 fully saturated rings. The van der Waals surface area contributed by atoms with E-state index in [1.807, 2.05) is 104 Å². The van der Waals surface area contributed by atoms with Gasteiger partial charge < -0.3 is 28.6 Å². The van der Waals surface area contributed by atoms with E-state index in [1.165, 1.54) is 63.8 Å². The number of aryl methyl sites for hydroxylation is 4. The van der Waals surface area contributed by atoms with Crippen molar-refractivity contribution in [2.24, 2.45) is 0 Å². The van der Waals surface area contributed by atoms with Gasteiger partial charge in [0.2, 0.25) is 0 Å². The Kier molecular flexibility index (Phi) is 22.2. The smallest absolute Gasteiger partial charge is 0.478 e. The summed E-state index contributed by atoms with van der Waals surface area (Å²) in [4.78, 5) is 64.5. The number of hydrogen-bond acceptors (Lipinski definition) is 13. The molecule has 93 heavy (non-hydrogen) atoms. The molecule has 1 N–H and O–H groups in total. The molecule has 4 aromatic heterocycles. The number of hydrogen-bond donors (Lipinski definition) is 1. The molecule has 0 amide bonds. The van der Waals surface area contributed by atoms with Crippen LogP contribution in [-0.4, -0.2) is 88.6 Å². The van der Waals surface area contributed by atoms with Gasteiger partial charge >= 0.3 is 31.0 Å². The Morgan fingerprint density at radius 1 is 0.430 bits per heavy atom. The molecule has 5 heterocycles. The SMILES string of the molecule is COC(=O)c1cc(-c2ccc(C)cn2)cc(-c2cccc(F)c2F)c1.COC(=O)c1cc(B2OC(C)(C)C(C)(C)O2)cc(-c2ccc(C)cn2)c1.COC(=O)c1cc(Br)cc(-c2ccc(C)cn2)c1.Cc1ccc(-c2cc(C(=O)O)cc(-c3cccc(F)c3F)c2)nc1. The molecule has 10 aromatic rings. The lowest BCUT2D eigenvalue weighted by Gasteiger charge is -2.32. The van der Waals surface area contributed by atoms with E-state index in [9.17, 15) is 41.8 Å². The number of esters is 3. The highest BCUT2D eigenvalue weighted by Crippen LogP contribution is 2.38. The zero-order valence-electron chi connectivity index (χ0n) is 52.7. The Morgan fingerprint density at radius 2 is 0.753 bits per heavy atom. The molecular weight excluding hydrogens is 1260 g/mol. The molecule has 0 saturated carbocycles. The van der Waals surface area contributed by atoms with Crippen LogP contribution in [0.1, 0.15) is 91.4 Å². The second kappa shape index (κ2) is 30.0. The van der Waals surface area contributed by atoms with Gasteiger partial charge in [-0.3, -0.25) is 19.9 Å². The molecule has 1 saturated heterocycles. The summed E-state index contributed by atoms with van der Waals surface area (Å²) in [6.07, 6.45) is 6.95. The standard InChI is InChI=1S/C20H24BNO4.C20H15F2NO2.C19H13F2NO2.C14H12BrNO2/c1-13-7-8-17(22-12-13)14-9-15(18(23)24-6)11-16(10-14)21-25-19(2,3)20(4,5)26-21;1-12-6-7-18(23-11-12)14-8-13(9-15(10-14)20(24)25-2)16-4-3-5-17(21)19(16)22;1-11-5-6-17(22-10-11)13-7-12(8-14(9-13)19(23)24)15-3-2-4-16(20)18(15)21;1-9-3-4-13(16-8-9)10-5-11(14(17)18-2)7-12(15)6-10/h7-12H,1-6H3;3-11H,1-2H3;2-10H,1H3,(H,23,24);3-8H,1-2H3. The highest BCUT2D eigenvalue weighted by Gasteiger charge is 2.52. The summed E-state index contributed by atoms with van der Waals surface area (Å²) in [5.74, 6) is -6.38. The number of benzene rings is 6. The fraction of sp³-hybridized carbons (Fsp3) is 0.178. The molecule has 0 spiro atoms. The number of rotatable bonds is 11. The van der Waals surface area contributed by atoms with E-state index in [2.05, 4.69) is 35.9 Å². The predicted octanol–water partition coefficient (Wildman–Crippen LogP) is 16.2. The molecule has 1 aliphatic heterocycles. The van der Waals surface area contributed by atoms with Crippen molar-refractivity contribution in [2.75, 3.05) is 21.3 Å². The Labute approximate surface area is 544 Å². The number of nitrogens with zero attached hydrogens (tertiary/aromatic N) is 4. The van der Waals surface area contributed by atoms with Gasteiger partial charge in [0.1, 0.15) is 0 Å². The molecule has 11 rings (SSSR count). The number of methoxy groups -OCH3 is 3. The number of carboxylic acids is 1. The van der Waals surface area contributed by atoms with Crippen LogP contribution in [0.25, 0.3) is 67.3 Å². The van der Waals surface area contributed by atoms with Gasteiger partial charge in [0.25, 0.3) is 0 Å². The molecule has 0 unspecified atom stereocenters. The number of halogens is 5. The van der Waals surface area contributed by atoms with Crippen LogP contribution in [-0.2, 0) is 23.5 Å². The van der Waals surface area contributed by atoms with E-state index >= 15 is 0 Å². The second-order valence-electron chi connectivity index (χ2n) is 22.6. The third-order valence-electron chi connectivity index (χ3n) is 15.1. The lowest BCUT2D eigenvalue weighted by molar-refractivity contribution is 0.00578. The number of carbonyl (C=O) groups is 4. The van der Waals surface area contributed by atoms with Crippen LogP contribution in [0.5, 0.6) is 0 Å². The van der Waals surface area contributed by atoms with Crippen LogP contribution in [0.3, 0.4) is 0 Å². The fourth-order valence-electron chi connectivity index (χ4n) is 9.35. The van der Waals surface area contributed by atoms with Crippen LogP contribution in [0.2, 0.25) is 0 Å². The van der Waals surface area contributed by atoms with E-state index in [1.54, 1.807) is 79.4 Å². The molecular formula is C73H64BBrF4N4O10. The minimum Gasteiger partial charge on any atom is -0.478 e. The highest BCUT2D eigenvalue weighted by atomic mass is 79.9. The van der Waals surface area contributed by atoms with Gasteiger partial charge in [-0.05, 0) is 197 Å². The first-order valence-corrected chi connectivity index (χ1v) is 29.7. The minimum atomic E-state index is -1.15. The molecule has 0 bridgehead atoms. The van der Waals surface area contributed by atoms with Crippen LogP contribution < -0.4 is 5.46 Å². The van der Waals surface area contributed by atoms with E-state index in [0.29, 0.717) is 39.2 Å². The lowest BCUT2D eigenvalue weighted by atomic mass is 9.77. The fourth-order valence-corrected chi connectivity index (χ4v) is 9.85. The van der Waals surface area contributed by atoms with E-state index in [4.69, 9.17) is 23.5 Å². The maximum atomic E-state index is 14.2. The zero-order chi connectivity index (χ0) is 67.5. The number of aromatic nitrogens is 4. The van der Waals surface area contributed by atoms with Gasteiger partial charge in [-0.2, -0.15) is 0 Å². The predicted molar refractivity (Wildman–Crippen MR) is 353 cm³/mol. The molecule has 0 radical (unpaired) electrons. The summed E-state index contributed by atoms with van der Waals surface area (Å²) in [6.45, 7) is 15.8. The van der Waals surface area contributed by atoms with Crippen molar-refractivity contribution in [3.63, 3.8) is 0 Å². The van der Waals surface area contributed by atoms with Gasteiger partial charge in [-0.1, -0.05) is 70.5 Å². The van der Waals surface area contributed by atoms with E-state index < -0.39 is 59.5 Å². The quantitative estimate of drug-likeness (QED) is 0.0558. The maximum absolute atomic E-state index is 14.2. The van der Waals surface area contributed by atoms with Crippen molar-refractivity contribution in [1.82, 2.24) is 19.9 Å². The molecule has 14 nitrogen and oxygen atoms in total. The molecule has 474 valence electrons. The van der Waals surface area contributed by atoms with Crippen LogP contribution in [0.15, 0.2) is 187 Å².